The van der Waals surface area contributed by atoms with E-state index in [0.29, 0.717) is 5.52 Å². The molecule has 5 heteroatoms. The van der Waals surface area contributed by atoms with E-state index in [2.05, 4.69) is 9.97 Å². The number of benzene rings is 1. The van der Waals surface area contributed by atoms with Gasteiger partial charge < -0.3 is 10.1 Å². The average molecular weight is 266 g/mol. The molecule has 5 nitrogen and oxygen atoms in total. The lowest BCUT2D eigenvalue weighted by Crippen LogP contribution is -2.00. The Bertz CT molecular complexity index is 862. The number of carbonyl (C=O) groups excluding carboxylic acids is 1. The summed E-state index contributed by atoms with van der Waals surface area (Å²) >= 11 is 0. The van der Waals surface area contributed by atoms with Gasteiger partial charge in [-0.3, -0.25) is 9.78 Å². The Morgan fingerprint density at radius 3 is 2.70 bits per heavy atom. The second kappa shape index (κ2) is 4.62. The van der Waals surface area contributed by atoms with Gasteiger partial charge in [-0.1, -0.05) is 18.2 Å². The van der Waals surface area contributed by atoms with Crippen LogP contribution in [-0.2, 0) is 4.79 Å². The van der Waals surface area contributed by atoms with Crippen LogP contribution in [0.3, 0.4) is 0 Å². The van der Waals surface area contributed by atoms with Crippen molar-refractivity contribution in [2.75, 3.05) is 0 Å². The fraction of sp³-hybridized carbons (Fsp3) is 0. The van der Waals surface area contributed by atoms with Gasteiger partial charge in [0.05, 0.1) is 5.52 Å². The van der Waals surface area contributed by atoms with Crippen LogP contribution < -0.4 is 0 Å². The number of fused-ring (bicyclic) bond motifs is 3. The number of nitrogens with one attached hydrogen (secondary N) is 1. The second-order valence-corrected chi connectivity index (χ2v) is 4.29. The van der Waals surface area contributed by atoms with E-state index in [1.807, 2.05) is 30.3 Å². The number of nitrogens with zero attached hydrogens (tertiary/aromatic N) is 1. The minimum absolute atomic E-state index is 0.219. The van der Waals surface area contributed by atoms with E-state index in [4.69, 9.17) is 5.11 Å². The number of allylic oxidation sites excluding steroid dienone is 1. The summed E-state index contributed by atoms with van der Waals surface area (Å²) < 4.78 is 0. The first-order chi connectivity index (χ1) is 9.66. The van der Waals surface area contributed by atoms with Crippen LogP contribution in [0.4, 0.5) is 0 Å². The maximum Gasteiger partial charge on any atom is 0.328 e. The highest BCUT2D eigenvalue weighted by molar-refractivity contribution is 6.17. The van der Waals surface area contributed by atoms with Crippen LogP contribution in [0.5, 0.6) is 0 Å². The second-order valence-electron chi connectivity index (χ2n) is 4.29. The number of rotatable bonds is 3. The molecule has 0 radical (unpaired) electrons. The summed E-state index contributed by atoms with van der Waals surface area (Å²) in [7, 11) is 0. The van der Waals surface area contributed by atoms with Crippen molar-refractivity contribution in [2.24, 2.45) is 0 Å². The molecule has 0 saturated carbocycles. The van der Waals surface area contributed by atoms with Gasteiger partial charge in [0.1, 0.15) is 5.69 Å². The van der Waals surface area contributed by atoms with Gasteiger partial charge in [-0.15, -0.1) is 0 Å². The molecule has 20 heavy (non-hydrogen) atoms. The number of pyridine rings is 1. The van der Waals surface area contributed by atoms with Crippen molar-refractivity contribution < 1.29 is 14.7 Å². The summed E-state index contributed by atoms with van der Waals surface area (Å²) in [6.45, 7) is 0. The van der Waals surface area contributed by atoms with Crippen LogP contribution in [0.15, 0.2) is 48.7 Å². The third-order valence-electron chi connectivity index (χ3n) is 3.04. The average Bonchev–Trinajstić information content (AvgIpc) is 2.83. The molecular weight excluding hydrogens is 256 g/mol. The molecule has 0 aliphatic rings. The van der Waals surface area contributed by atoms with Crippen LogP contribution in [0.25, 0.3) is 21.8 Å². The number of aliphatic carboxylic acids is 1. The molecule has 0 unspecified atom stereocenters. The summed E-state index contributed by atoms with van der Waals surface area (Å²) in [5, 5.41) is 10.5. The lowest BCUT2D eigenvalue weighted by molar-refractivity contribution is -0.131. The molecule has 0 fully saturated rings. The van der Waals surface area contributed by atoms with Crippen LogP contribution >= 0.6 is 0 Å². The molecular formula is C15H10N2O3. The van der Waals surface area contributed by atoms with Gasteiger partial charge in [0.25, 0.3) is 0 Å². The molecule has 0 amide bonds. The molecule has 3 aromatic rings. The largest absolute Gasteiger partial charge is 0.478 e. The highest BCUT2D eigenvalue weighted by Crippen LogP contribution is 2.26. The first-order valence-electron chi connectivity index (χ1n) is 5.97. The number of H-pyrrole nitrogens is 1. The van der Waals surface area contributed by atoms with Crippen molar-refractivity contribution in [3.8, 4) is 0 Å². The zero-order chi connectivity index (χ0) is 14.1. The lowest BCUT2D eigenvalue weighted by atomic mass is 10.1. The summed E-state index contributed by atoms with van der Waals surface area (Å²) in [4.78, 5) is 29.7. The SMILES string of the molecule is O=C(O)C=CC(=O)c1nccc2c1[nH]c1ccccc12. The van der Waals surface area contributed by atoms with Crippen molar-refractivity contribution in [1.29, 1.82) is 0 Å². The Morgan fingerprint density at radius 1 is 1.10 bits per heavy atom. The zero-order valence-electron chi connectivity index (χ0n) is 10.3. The predicted molar refractivity (Wildman–Crippen MR) is 74.7 cm³/mol. The summed E-state index contributed by atoms with van der Waals surface area (Å²) in [5.74, 6) is -1.60. The van der Waals surface area contributed by atoms with Gasteiger partial charge in [0, 0.05) is 28.6 Å². The number of hydrogen-bond donors (Lipinski definition) is 2. The van der Waals surface area contributed by atoms with E-state index in [-0.39, 0.29) is 5.69 Å². The Balaban J connectivity index is 2.21. The number of ketones is 1. The molecule has 2 N–H and O–H groups in total. The zero-order valence-corrected chi connectivity index (χ0v) is 10.3. The number of carbonyl (C=O) groups is 2. The van der Waals surface area contributed by atoms with Gasteiger partial charge in [-0.25, -0.2) is 4.79 Å². The minimum Gasteiger partial charge on any atom is -0.478 e. The van der Waals surface area contributed by atoms with Gasteiger partial charge in [0.2, 0.25) is 5.78 Å². The molecule has 0 spiro atoms. The van der Waals surface area contributed by atoms with Crippen molar-refractivity contribution in [3.63, 3.8) is 0 Å². The third-order valence-corrected chi connectivity index (χ3v) is 3.04. The first-order valence-corrected chi connectivity index (χ1v) is 5.97. The van der Waals surface area contributed by atoms with Crippen LogP contribution in [0, 0.1) is 0 Å². The molecule has 98 valence electrons. The Labute approximate surface area is 113 Å². The predicted octanol–water partition coefficient (Wildman–Crippen LogP) is 2.54. The van der Waals surface area contributed by atoms with Crippen molar-refractivity contribution in [2.45, 2.75) is 0 Å². The summed E-state index contributed by atoms with van der Waals surface area (Å²) in [6, 6.07) is 9.51. The highest BCUT2D eigenvalue weighted by atomic mass is 16.4. The van der Waals surface area contributed by atoms with Gasteiger partial charge >= 0.3 is 5.97 Å². The van der Waals surface area contributed by atoms with Crippen molar-refractivity contribution >= 4 is 33.6 Å². The standard InChI is InChI=1S/C15H10N2O3/c18-12(5-6-13(19)20)15-14-10(7-8-16-15)9-3-1-2-4-11(9)17-14/h1-8,17H,(H,19,20). The highest BCUT2D eigenvalue weighted by Gasteiger charge is 2.13. The Hall–Kier alpha value is -2.95. The van der Waals surface area contributed by atoms with Crippen molar-refractivity contribution in [1.82, 2.24) is 9.97 Å². The molecule has 0 aliphatic heterocycles. The Kier molecular flexibility index (Phi) is 2.80. The van der Waals surface area contributed by atoms with Crippen molar-refractivity contribution in [3.05, 3.63) is 54.4 Å². The maximum atomic E-state index is 12.0. The molecule has 0 saturated heterocycles. The van der Waals surface area contributed by atoms with E-state index in [9.17, 15) is 9.59 Å². The maximum absolute atomic E-state index is 12.0. The van der Waals surface area contributed by atoms with Crippen LogP contribution in [0.2, 0.25) is 0 Å². The van der Waals surface area contributed by atoms with E-state index in [1.165, 1.54) is 0 Å². The number of aromatic amines is 1. The monoisotopic (exact) mass is 266 g/mol. The smallest absolute Gasteiger partial charge is 0.328 e. The fourth-order valence-corrected chi connectivity index (χ4v) is 2.19. The number of para-hydroxylation sites is 1. The minimum atomic E-state index is -1.16. The summed E-state index contributed by atoms with van der Waals surface area (Å²) in [5.41, 5.74) is 1.75. The van der Waals surface area contributed by atoms with Crippen LogP contribution in [-0.4, -0.2) is 26.8 Å². The van der Waals surface area contributed by atoms with Crippen LogP contribution in [0.1, 0.15) is 10.5 Å². The van der Waals surface area contributed by atoms with Gasteiger partial charge in [0.15, 0.2) is 0 Å². The lowest BCUT2D eigenvalue weighted by Gasteiger charge is -1.97. The molecule has 0 aliphatic carbocycles. The van der Waals surface area contributed by atoms with Gasteiger partial charge in [-0.2, -0.15) is 0 Å². The van der Waals surface area contributed by atoms with E-state index < -0.39 is 11.8 Å². The molecule has 2 heterocycles. The van der Waals surface area contributed by atoms with E-state index in [0.717, 1.165) is 28.4 Å². The number of aromatic nitrogens is 2. The molecule has 2 aromatic heterocycles. The van der Waals surface area contributed by atoms with E-state index >= 15 is 0 Å². The van der Waals surface area contributed by atoms with Gasteiger partial charge in [-0.05, 0) is 18.2 Å². The van der Waals surface area contributed by atoms with E-state index in [1.54, 1.807) is 6.20 Å². The fourth-order valence-electron chi connectivity index (χ4n) is 2.19. The number of hydrogen-bond acceptors (Lipinski definition) is 3. The molecule has 1 aromatic carbocycles. The quantitative estimate of drug-likeness (QED) is 0.563. The summed E-state index contributed by atoms with van der Waals surface area (Å²) in [6.07, 6.45) is 3.37. The molecule has 3 rings (SSSR count). The molecule has 0 bridgehead atoms. The number of carboxylic acids is 1. The Morgan fingerprint density at radius 2 is 1.90 bits per heavy atom. The topological polar surface area (TPSA) is 83.0 Å². The molecule has 0 atom stereocenters. The number of carboxylic acid groups (broad SMARTS) is 1. The normalized spacial score (nSPS) is 11.4. The third kappa shape index (κ3) is 1.95. The first kappa shape index (κ1) is 12.1.